The van der Waals surface area contributed by atoms with E-state index in [9.17, 15) is 4.79 Å². The molecule has 0 unspecified atom stereocenters. The van der Waals surface area contributed by atoms with Crippen molar-refractivity contribution in [1.29, 1.82) is 0 Å². The molecule has 1 amide bonds. The van der Waals surface area contributed by atoms with Crippen molar-refractivity contribution in [2.24, 2.45) is 0 Å². The SMILES string of the molecule is O=C(c1cc(-c2ccco2)on1)N(CCc1cccs1)Cc1ccoc1. The Bertz CT molecular complexity index is 940. The number of nitrogens with zero attached hydrogens (tertiary/aromatic N) is 2. The molecule has 0 aliphatic rings. The van der Waals surface area contributed by atoms with Gasteiger partial charge in [-0.15, -0.1) is 11.3 Å². The van der Waals surface area contributed by atoms with E-state index in [2.05, 4.69) is 11.2 Å². The van der Waals surface area contributed by atoms with Crippen molar-refractivity contribution < 1.29 is 18.2 Å². The molecule has 4 aromatic heterocycles. The Balaban J connectivity index is 1.52. The van der Waals surface area contributed by atoms with Gasteiger partial charge in [0.25, 0.3) is 5.91 Å². The molecular weight excluding hydrogens is 352 g/mol. The summed E-state index contributed by atoms with van der Waals surface area (Å²) in [6, 6.07) is 11.0. The largest absolute Gasteiger partial charge is 0.472 e. The third-order valence-corrected chi connectivity index (χ3v) is 4.88. The molecule has 0 saturated heterocycles. The molecule has 0 bridgehead atoms. The van der Waals surface area contributed by atoms with Gasteiger partial charge in [0.1, 0.15) is 0 Å². The molecule has 0 saturated carbocycles. The molecule has 132 valence electrons. The van der Waals surface area contributed by atoms with Crippen LogP contribution in [0.3, 0.4) is 0 Å². The molecule has 0 aliphatic carbocycles. The van der Waals surface area contributed by atoms with Gasteiger partial charge >= 0.3 is 0 Å². The highest BCUT2D eigenvalue weighted by molar-refractivity contribution is 7.09. The summed E-state index contributed by atoms with van der Waals surface area (Å²) in [5.74, 6) is 0.778. The van der Waals surface area contributed by atoms with E-state index in [-0.39, 0.29) is 11.6 Å². The first-order valence-electron chi connectivity index (χ1n) is 8.13. The average molecular weight is 368 g/mol. The molecule has 0 aliphatic heterocycles. The highest BCUT2D eigenvalue weighted by Crippen LogP contribution is 2.22. The van der Waals surface area contributed by atoms with E-state index in [1.165, 1.54) is 4.88 Å². The number of hydrogen-bond donors (Lipinski definition) is 0. The zero-order valence-corrected chi connectivity index (χ0v) is 14.6. The smallest absolute Gasteiger partial charge is 0.276 e. The average Bonchev–Trinajstić information content (AvgIpc) is 3.45. The summed E-state index contributed by atoms with van der Waals surface area (Å²) in [7, 11) is 0. The lowest BCUT2D eigenvalue weighted by Crippen LogP contribution is -2.32. The van der Waals surface area contributed by atoms with E-state index < -0.39 is 0 Å². The highest BCUT2D eigenvalue weighted by atomic mass is 32.1. The van der Waals surface area contributed by atoms with Gasteiger partial charge in [-0.1, -0.05) is 11.2 Å². The van der Waals surface area contributed by atoms with Crippen molar-refractivity contribution in [3.8, 4) is 11.5 Å². The normalized spacial score (nSPS) is 10.9. The Kier molecular flexibility index (Phi) is 4.70. The summed E-state index contributed by atoms with van der Waals surface area (Å²) in [4.78, 5) is 15.9. The summed E-state index contributed by atoms with van der Waals surface area (Å²) in [5, 5.41) is 5.95. The molecule has 0 spiro atoms. The number of hydrogen-bond acceptors (Lipinski definition) is 6. The number of aromatic nitrogens is 1. The number of carbonyl (C=O) groups excluding carboxylic acids is 1. The van der Waals surface area contributed by atoms with Crippen LogP contribution in [-0.2, 0) is 13.0 Å². The molecule has 7 heteroatoms. The summed E-state index contributed by atoms with van der Waals surface area (Å²) < 4.78 is 15.7. The van der Waals surface area contributed by atoms with Crippen LogP contribution in [0.2, 0.25) is 0 Å². The third-order valence-electron chi connectivity index (χ3n) is 3.94. The Morgan fingerprint density at radius 2 is 2.12 bits per heavy atom. The van der Waals surface area contributed by atoms with E-state index in [0.717, 1.165) is 12.0 Å². The zero-order chi connectivity index (χ0) is 17.8. The fraction of sp³-hybridized carbons (Fsp3) is 0.158. The van der Waals surface area contributed by atoms with Crippen LogP contribution in [0.4, 0.5) is 0 Å². The molecule has 0 radical (unpaired) electrons. The molecule has 26 heavy (non-hydrogen) atoms. The molecule has 0 fully saturated rings. The Hall–Kier alpha value is -3.06. The monoisotopic (exact) mass is 368 g/mol. The highest BCUT2D eigenvalue weighted by Gasteiger charge is 2.22. The van der Waals surface area contributed by atoms with Crippen molar-refractivity contribution in [3.05, 3.63) is 76.7 Å². The fourth-order valence-corrected chi connectivity index (χ4v) is 3.33. The predicted octanol–water partition coefficient (Wildman–Crippen LogP) is 4.47. The van der Waals surface area contributed by atoms with Gasteiger partial charge in [-0.25, -0.2) is 0 Å². The molecule has 0 aromatic carbocycles. The molecular formula is C19H16N2O4S. The third kappa shape index (κ3) is 3.62. The van der Waals surface area contributed by atoms with E-state index in [0.29, 0.717) is 24.6 Å². The van der Waals surface area contributed by atoms with E-state index >= 15 is 0 Å². The first-order valence-corrected chi connectivity index (χ1v) is 9.01. The van der Waals surface area contributed by atoms with E-state index in [4.69, 9.17) is 13.4 Å². The molecule has 4 aromatic rings. The van der Waals surface area contributed by atoms with Gasteiger partial charge < -0.3 is 18.3 Å². The topological polar surface area (TPSA) is 72.6 Å². The Labute approximate surface area is 153 Å². The van der Waals surface area contributed by atoms with Crippen molar-refractivity contribution in [3.63, 3.8) is 0 Å². The Morgan fingerprint density at radius 3 is 2.85 bits per heavy atom. The maximum atomic E-state index is 13.0. The maximum absolute atomic E-state index is 13.0. The zero-order valence-electron chi connectivity index (χ0n) is 13.8. The first kappa shape index (κ1) is 16.4. The van der Waals surface area contributed by atoms with Crippen LogP contribution in [0.1, 0.15) is 20.9 Å². The van der Waals surface area contributed by atoms with Crippen LogP contribution in [0, 0.1) is 0 Å². The minimum Gasteiger partial charge on any atom is -0.472 e. The van der Waals surface area contributed by atoms with E-state index in [1.807, 2.05) is 17.5 Å². The molecule has 0 N–H and O–H groups in total. The number of furan rings is 2. The van der Waals surface area contributed by atoms with Crippen LogP contribution in [-0.4, -0.2) is 22.5 Å². The number of rotatable bonds is 7. The second-order valence-electron chi connectivity index (χ2n) is 5.74. The van der Waals surface area contributed by atoms with Crippen LogP contribution in [0.5, 0.6) is 0 Å². The quantitative estimate of drug-likeness (QED) is 0.481. The number of amides is 1. The van der Waals surface area contributed by atoms with Crippen molar-refractivity contribution in [2.45, 2.75) is 13.0 Å². The summed E-state index contributed by atoms with van der Waals surface area (Å²) in [6.07, 6.45) is 5.57. The maximum Gasteiger partial charge on any atom is 0.276 e. The molecule has 6 nitrogen and oxygen atoms in total. The summed E-state index contributed by atoms with van der Waals surface area (Å²) in [5.41, 5.74) is 1.19. The molecule has 4 rings (SSSR count). The number of carbonyl (C=O) groups is 1. The van der Waals surface area contributed by atoms with Gasteiger partial charge in [0, 0.05) is 29.6 Å². The summed E-state index contributed by atoms with van der Waals surface area (Å²) >= 11 is 1.68. The van der Waals surface area contributed by atoms with Crippen LogP contribution in [0.15, 0.2) is 73.9 Å². The van der Waals surface area contributed by atoms with Gasteiger partial charge in [0.2, 0.25) is 5.76 Å². The Morgan fingerprint density at radius 1 is 1.15 bits per heavy atom. The van der Waals surface area contributed by atoms with Crippen LogP contribution >= 0.6 is 11.3 Å². The lowest BCUT2D eigenvalue weighted by atomic mass is 10.2. The van der Waals surface area contributed by atoms with Crippen LogP contribution < -0.4 is 0 Å². The molecule has 4 heterocycles. The lowest BCUT2D eigenvalue weighted by molar-refractivity contribution is 0.0734. The minimum absolute atomic E-state index is 0.190. The lowest BCUT2D eigenvalue weighted by Gasteiger charge is -2.20. The van der Waals surface area contributed by atoms with Gasteiger partial charge in [-0.3, -0.25) is 4.79 Å². The van der Waals surface area contributed by atoms with Crippen LogP contribution in [0.25, 0.3) is 11.5 Å². The van der Waals surface area contributed by atoms with Gasteiger partial charge in [0.05, 0.1) is 18.8 Å². The van der Waals surface area contributed by atoms with Crippen molar-refractivity contribution >= 4 is 17.2 Å². The van der Waals surface area contributed by atoms with Gasteiger partial charge in [-0.05, 0) is 36.1 Å². The van der Waals surface area contributed by atoms with Gasteiger partial charge in [0.15, 0.2) is 11.5 Å². The predicted molar refractivity (Wildman–Crippen MR) is 95.7 cm³/mol. The summed E-state index contributed by atoms with van der Waals surface area (Å²) in [6.45, 7) is 1.02. The first-order chi connectivity index (χ1) is 12.8. The standard InChI is InChI=1S/C19H16N2O4S/c22-19(16-11-18(25-20-16)17-4-1-8-24-17)21(12-14-6-9-23-13-14)7-5-15-3-2-10-26-15/h1-4,6,8-11,13H,5,7,12H2. The molecule has 0 atom stereocenters. The fourth-order valence-electron chi connectivity index (χ4n) is 2.63. The second-order valence-corrected chi connectivity index (χ2v) is 6.77. The van der Waals surface area contributed by atoms with E-state index in [1.54, 1.807) is 53.2 Å². The minimum atomic E-state index is -0.190. The van der Waals surface area contributed by atoms with Crippen molar-refractivity contribution in [2.75, 3.05) is 6.54 Å². The van der Waals surface area contributed by atoms with Gasteiger partial charge in [-0.2, -0.15) is 0 Å². The van der Waals surface area contributed by atoms with Crippen molar-refractivity contribution in [1.82, 2.24) is 10.1 Å². The second kappa shape index (κ2) is 7.45. The number of thiophene rings is 1.